The molecule has 0 saturated heterocycles. The minimum Gasteiger partial charge on any atom is -0.282 e. The molecular weight excluding hydrogens is 368 g/mol. The maximum atomic E-state index is 4.45. The third-order valence-corrected chi connectivity index (χ3v) is 5.99. The molecule has 0 saturated carbocycles. The molecule has 27 heavy (non-hydrogen) atoms. The van der Waals surface area contributed by atoms with Gasteiger partial charge in [0.2, 0.25) is 0 Å². The van der Waals surface area contributed by atoms with Crippen molar-refractivity contribution in [2.45, 2.75) is 36.5 Å². The summed E-state index contributed by atoms with van der Waals surface area (Å²) in [7, 11) is 0. The Labute approximate surface area is 169 Å². The van der Waals surface area contributed by atoms with Gasteiger partial charge in [0.15, 0.2) is 0 Å². The lowest BCUT2D eigenvalue weighted by atomic mass is 10.1. The highest BCUT2D eigenvalue weighted by molar-refractivity contribution is 7.99. The Bertz CT molecular complexity index is 941. The van der Waals surface area contributed by atoms with Crippen molar-refractivity contribution in [3.8, 4) is 11.3 Å². The molecule has 4 aromatic rings. The molecule has 1 N–H and O–H groups in total. The smallest absolute Gasteiger partial charge is 0.0943 e. The summed E-state index contributed by atoms with van der Waals surface area (Å²) < 4.78 is 0. The quantitative estimate of drug-likeness (QED) is 0.392. The van der Waals surface area contributed by atoms with Crippen LogP contribution in [0, 0.1) is 6.92 Å². The van der Waals surface area contributed by atoms with Crippen LogP contribution in [-0.4, -0.2) is 10.2 Å². The zero-order chi connectivity index (χ0) is 19.1. The number of thiophene rings is 1. The van der Waals surface area contributed by atoms with Crippen molar-refractivity contribution >= 4 is 23.1 Å². The summed E-state index contributed by atoms with van der Waals surface area (Å²) in [6.07, 6.45) is 0. The molecule has 138 valence electrons. The van der Waals surface area contributed by atoms with Crippen LogP contribution in [0.4, 0.5) is 0 Å². The first-order valence-electron chi connectivity index (χ1n) is 9.00. The van der Waals surface area contributed by atoms with Crippen molar-refractivity contribution in [2.75, 3.05) is 0 Å². The Morgan fingerprint density at radius 3 is 2.15 bits per heavy atom. The fourth-order valence-corrected chi connectivity index (χ4v) is 4.43. The molecule has 2 aromatic heterocycles. The summed E-state index contributed by atoms with van der Waals surface area (Å²) in [4.78, 5) is 2.52. The standard InChI is InChI=1S/C16H16N2S2.C7H8/c1-11(2)14-8-15(18-17-14)13-9-19-10-16(13)20-12-6-4-3-5-7-12;1-7-5-3-2-4-6-7/h3-11H,1-2H3,(H,17,18);2-6H,1H3. The predicted octanol–water partition coefficient (Wildman–Crippen LogP) is 7.41. The van der Waals surface area contributed by atoms with Crippen molar-refractivity contribution in [1.82, 2.24) is 10.2 Å². The van der Waals surface area contributed by atoms with Gasteiger partial charge in [0, 0.05) is 31.8 Å². The van der Waals surface area contributed by atoms with E-state index in [0.29, 0.717) is 5.92 Å². The highest BCUT2D eigenvalue weighted by Gasteiger charge is 2.12. The van der Waals surface area contributed by atoms with E-state index < -0.39 is 0 Å². The third-order valence-electron chi connectivity index (χ3n) is 4.03. The fourth-order valence-electron chi connectivity index (χ4n) is 2.47. The molecule has 4 heteroatoms. The summed E-state index contributed by atoms with van der Waals surface area (Å²) >= 11 is 3.51. The average Bonchev–Trinajstić information content (AvgIpc) is 3.33. The number of aromatic amines is 1. The number of aryl methyl sites for hydroxylation is 1. The second-order valence-corrected chi connectivity index (χ2v) is 8.44. The molecular formula is C23H24N2S2. The van der Waals surface area contributed by atoms with E-state index >= 15 is 0 Å². The molecule has 2 nitrogen and oxygen atoms in total. The molecule has 0 atom stereocenters. The number of rotatable bonds is 4. The maximum absolute atomic E-state index is 4.45. The van der Waals surface area contributed by atoms with Crippen LogP contribution in [0.2, 0.25) is 0 Å². The number of hydrogen-bond acceptors (Lipinski definition) is 3. The number of benzene rings is 2. The Hall–Kier alpha value is -2.30. The molecule has 0 aliphatic heterocycles. The van der Waals surface area contributed by atoms with E-state index in [1.54, 1.807) is 23.1 Å². The van der Waals surface area contributed by atoms with Crippen LogP contribution in [0.3, 0.4) is 0 Å². The van der Waals surface area contributed by atoms with Crippen molar-refractivity contribution < 1.29 is 0 Å². The normalized spacial score (nSPS) is 10.5. The summed E-state index contributed by atoms with van der Waals surface area (Å²) in [5.41, 5.74) is 4.75. The van der Waals surface area contributed by atoms with Crippen LogP contribution in [0.25, 0.3) is 11.3 Å². The zero-order valence-electron chi connectivity index (χ0n) is 15.8. The Kier molecular flexibility index (Phi) is 6.91. The largest absolute Gasteiger partial charge is 0.282 e. The minimum absolute atomic E-state index is 0.472. The Morgan fingerprint density at radius 1 is 0.926 bits per heavy atom. The molecule has 0 amide bonds. The van der Waals surface area contributed by atoms with E-state index in [1.165, 1.54) is 26.6 Å². The van der Waals surface area contributed by atoms with E-state index in [4.69, 9.17) is 0 Å². The van der Waals surface area contributed by atoms with Gasteiger partial charge in [-0.3, -0.25) is 5.10 Å². The van der Waals surface area contributed by atoms with E-state index in [1.807, 2.05) is 24.3 Å². The monoisotopic (exact) mass is 392 g/mol. The molecule has 0 aliphatic rings. The summed E-state index contributed by atoms with van der Waals surface area (Å²) in [6, 6.07) is 22.9. The number of hydrogen-bond donors (Lipinski definition) is 1. The number of aromatic nitrogens is 2. The van der Waals surface area contributed by atoms with Gasteiger partial charge in [-0.1, -0.05) is 79.7 Å². The second-order valence-electron chi connectivity index (χ2n) is 6.58. The van der Waals surface area contributed by atoms with Gasteiger partial charge in [0.05, 0.1) is 5.69 Å². The van der Waals surface area contributed by atoms with E-state index in [-0.39, 0.29) is 0 Å². The van der Waals surface area contributed by atoms with Gasteiger partial charge in [0.1, 0.15) is 0 Å². The lowest BCUT2D eigenvalue weighted by molar-refractivity contribution is 0.811. The molecule has 2 heterocycles. The van der Waals surface area contributed by atoms with Crippen LogP contribution >= 0.6 is 23.1 Å². The van der Waals surface area contributed by atoms with Crippen molar-refractivity contribution in [3.63, 3.8) is 0 Å². The fraction of sp³-hybridized carbons (Fsp3) is 0.174. The van der Waals surface area contributed by atoms with Gasteiger partial charge in [-0.15, -0.1) is 0 Å². The molecule has 0 fully saturated rings. The average molecular weight is 393 g/mol. The lowest BCUT2D eigenvalue weighted by Crippen LogP contribution is -1.85. The lowest BCUT2D eigenvalue weighted by Gasteiger charge is -2.01. The number of nitrogens with zero attached hydrogens (tertiary/aromatic N) is 1. The summed E-state index contributed by atoms with van der Waals surface area (Å²) in [5.74, 6) is 0.472. The van der Waals surface area contributed by atoms with Crippen LogP contribution in [0.1, 0.15) is 31.0 Å². The van der Waals surface area contributed by atoms with Crippen molar-refractivity contribution in [2.24, 2.45) is 0 Å². The number of nitrogens with one attached hydrogen (secondary N) is 1. The summed E-state index contributed by atoms with van der Waals surface area (Å²) in [5, 5.41) is 11.9. The van der Waals surface area contributed by atoms with Crippen LogP contribution < -0.4 is 0 Å². The number of H-pyrrole nitrogens is 1. The molecule has 0 bridgehead atoms. The SMILES string of the molecule is CC(C)c1cc(-c2cscc2Sc2ccccc2)n[nH]1.Cc1ccccc1. The topological polar surface area (TPSA) is 28.7 Å². The molecule has 0 radical (unpaired) electrons. The predicted molar refractivity (Wildman–Crippen MR) is 118 cm³/mol. The van der Waals surface area contributed by atoms with E-state index in [9.17, 15) is 0 Å². The second kappa shape index (κ2) is 9.58. The third kappa shape index (κ3) is 5.59. The molecule has 2 aromatic carbocycles. The van der Waals surface area contributed by atoms with Gasteiger partial charge in [-0.05, 0) is 31.0 Å². The summed E-state index contributed by atoms with van der Waals surface area (Å²) in [6.45, 7) is 6.43. The van der Waals surface area contributed by atoms with Gasteiger partial charge < -0.3 is 0 Å². The van der Waals surface area contributed by atoms with Gasteiger partial charge in [-0.2, -0.15) is 16.4 Å². The van der Waals surface area contributed by atoms with Crippen LogP contribution in [-0.2, 0) is 0 Å². The van der Waals surface area contributed by atoms with Gasteiger partial charge >= 0.3 is 0 Å². The Balaban J connectivity index is 0.000000253. The minimum atomic E-state index is 0.472. The van der Waals surface area contributed by atoms with Crippen molar-refractivity contribution in [3.05, 3.63) is 88.7 Å². The Morgan fingerprint density at radius 2 is 1.59 bits per heavy atom. The molecule has 0 unspecified atom stereocenters. The molecule has 0 spiro atoms. The van der Waals surface area contributed by atoms with Gasteiger partial charge in [-0.25, -0.2) is 0 Å². The van der Waals surface area contributed by atoms with E-state index in [2.05, 4.69) is 84.2 Å². The van der Waals surface area contributed by atoms with Crippen LogP contribution in [0.5, 0.6) is 0 Å². The molecule has 0 aliphatic carbocycles. The zero-order valence-corrected chi connectivity index (χ0v) is 17.5. The highest BCUT2D eigenvalue weighted by atomic mass is 32.2. The maximum Gasteiger partial charge on any atom is 0.0943 e. The van der Waals surface area contributed by atoms with E-state index in [0.717, 1.165) is 5.69 Å². The first-order valence-corrected chi connectivity index (χ1v) is 10.8. The highest BCUT2D eigenvalue weighted by Crippen LogP contribution is 2.38. The molecule has 4 rings (SSSR count). The first kappa shape index (κ1) is 19.5. The first-order chi connectivity index (χ1) is 13.1. The van der Waals surface area contributed by atoms with Crippen molar-refractivity contribution in [1.29, 1.82) is 0 Å². The van der Waals surface area contributed by atoms with Crippen LogP contribution in [0.15, 0.2) is 87.3 Å². The van der Waals surface area contributed by atoms with Gasteiger partial charge in [0.25, 0.3) is 0 Å².